The molecule has 9 heteroatoms. The van der Waals surface area contributed by atoms with Gasteiger partial charge in [0, 0.05) is 37.2 Å². The fourth-order valence-corrected chi connectivity index (χ4v) is 4.11. The lowest BCUT2D eigenvalue weighted by Gasteiger charge is -2.37. The Hall–Kier alpha value is -3.88. The summed E-state index contributed by atoms with van der Waals surface area (Å²) in [6.45, 7) is 3.05. The highest BCUT2D eigenvalue weighted by Crippen LogP contribution is 2.29. The number of anilines is 1. The Bertz CT molecular complexity index is 1090. The Kier molecular flexibility index (Phi) is 6.81. The van der Waals surface area contributed by atoms with Crippen molar-refractivity contribution in [3.63, 3.8) is 0 Å². The molecule has 0 unspecified atom stereocenters. The summed E-state index contributed by atoms with van der Waals surface area (Å²) in [7, 11) is 1.59. The number of esters is 1. The van der Waals surface area contributed by atoms with E-state index in [9.17, 15) is 14.4 Å². The number of likely N-dealkylation sites (tertiary alicyclic amines) is 1. The molecule has 2 aromatic rings. The van der Waals surface area contributed by atoms with Crippen molar-refractivity contribution in [2.45, 2.75) is 31.8 Å². The zero-order chi connectivity index (χ0) is 24.1. The number of carbonyl (C=O) groups excluding carboxylic acids is 3. The van der Waals surface area contributed by atoms with Gasteiger partial charge in [0.2, 0.25) is 0 Å². The second-order valence-electron chi connectivity index (χ2n) is 8.27. The third kappa shape index (κ3) is 5.19. The molecule has 0 aromatic heterocycles. The number of carbonyl (C=O) groups is 3. The summed E-state index contributed by atoms with van der Waals surface area (Å²) >= 11 is 0. The van der Waals surface area contributed by atoms with E-state index in [0.29, 0.717) is 49.7 Å². The molecule has 4 rings (SSSR count). The minimum absolute atomic E-state index is 0.195. The number of hydrogen-bond acceptors (Lipinski definition) is 6. The van der Waals surface area contributed by atoms with Gasteiger partial charge in [0.1, 0.15) is 17.1 Å². The zero-order valence-electron chi connectivity index (χ0n) is 19.3. The number of amides is 3. The van der Waals surface area contributed by atoms with Gasteiger partial charge in [-0.2, -0.15) is 0 Å². The third-order valence-electron chi connectivity index (χ3n) is 5.99. The average Bonchev–Trinajstić information content (AvgIpc) is 3.16. The van der Waals surface area contributed by atoms with Crippen molar-refractivity contribution in [2.75, 3.05) is 32.1 Å². The van der Waals surface area contributed by atoms with E-state index in [-0.39, 0.29) is 24.3 Å². The lowest BCUT2D eigenvalue weighted by molar-refractivity contribution is -0.142. The first-order valence-electron chi connectivity index (χ1n) is 11.3. The number of benzene rings is 2. The van der Waals surface area contributed by atoms with Gasteiger partial charge in [-0.15, -0.1) is 0 Å². The fourth-order valence-electron chi connectivity index (χ4n) is 4.11. The summed E-state index contributed by atoms with van der Waals surface area (Å²) in [6.07, 6.45) is 1.26. The number of rotatable bonds is 6. The summed E-state index contributed by atoms with van der Waals surface area (Å²) < 4.78 is 10.1. The monoisotopic (exact) mass is 464 g/mol. The first kappa shape index (κ1) is 23.3. The van der Waals surface area contributed by atoms with Crippen LogP contribution in [0.1, 0.15) is 30.9 Å². The summed E-state index contributed by atoms with van der Waals surface area (Å²) in [4.78, 5) is 43.4. The Labute approximate surface area is 198 Å². The van der Waals surface area contributed by atoms with Gasteiger partial charge in [0.05, 0.1) is 20.1 Å². The summed E-state index contributed by atoms with van der Waals surface area (Å²) in [6, 6.07) is 14.1. The summed E-state index contributed by atoms with van der Waals surface area (Å²) in [5.41, 5.74) is 1.92. The van der Waals surface area contributed by atoms with E-state index in [1.54, 1.807) is 55.3 Å². The van der Waals surface area contributed by atoms with Crippen LogP contribution >= 0.6 is 0 Å². The molecule has 34 heavy (non-hydrogen) atoms. The molecule has 178 valence electrons. The van der Waals surface area contributed by atoms with E-state index in [4.69, 9.17) is 14.5 Å². The maximum absolute atomic E-state index is 12.7. The number of ether oxygens (including phenoxy) is 2. The number of nitrogens with one attached hydrogen (secondary N) is 2. The van der Waals surface area contributed by atoms with Crippen LogP contribution in [0.4, 0.5) is 10.5 Å². The number of hydrogen-bond donors (Lipinski definition) is 2. The molecule has 0 bridgehead atoms. The Balaban J connectivity index is 1.33. The molecule has 1 fully saturated rings. The zero-order valence-corrected chi connectivity index (χ0v) is 19.3. The summed E-state index contributed by atoms with van der Waals surface area (Å²) in [5, 5.41) is 5.90. The van der Waals surface area contributed by atoms with Crippen molar-refractivity contribution in [1.82, 2.24) is 10.2 Å². The predicted octanol–water partition coefficient (Wildman–Crippen LogP) is 2.74. The molecule has 1 saturated heterocycles. The molecule has 2 heterocycles. The van der Waals surface area contributed by atoms with Crippen LogP contribution in [0, 0.1) is 0 Å². The lowest BCUT2D eigenvalue weighted by atomic mass is 9.98. The number of aliphatic imine (C=N–C) groups is 1. The predicted molar refractivity (Wildman–Crippen MR) is 127 cm³/mol. The topological polar surface area (TPSA) is 109 Å². The van der Waals surface area contributed by atoms with Crippen LogP contribution in [0.2, 0.25) is 0 Å². The Morgan fingerprint density at radius 1 is 1.09 bits per heavy atom. The molecule has 2 aromatic carbocycles. The molecule has 0 atom stereocenters. The van der Waals surface area contributed by atoms with Crippen molar-refractivity contribution < 1.29 is 23.9 Å². The highest BCUT2D eigenvalue weighted by Gasteiger charge is 2.42. The molecule has 1 spiro atoms. The van der Waals surface area contributed by atoms with E-state index >= 15 is 0 Å². The van der Waals surface area contributed by atoms with Crippen LogP contribution < -0.4 is 15.4 Å². The third-order valence-corrected chi connectivity index (χ3v) is 5.99. The van der Waals surface area contributed by atoms with Gasteiger partial charge < -0.3 is 25.0 Å². The van der Waals surface area contributed by atoms with E-state index in [1.807, 2.05) is 12.1 Å². The first-order valence-corrected chi connectivity index (χ1v) is 11.3. The molecule has 0 radical (unpaired) electrons. The first-order chi connectivity index (χ1) is 16.4. The van der Waals surface area contributed by atoms with Crippen molar-refractivity contribution in [2.24, 2.45) is 4.99 Å². The highest BCUT2D eigenvalue weighted by atomic mass is 16.5. The second kappa shape index (κ2) is 9.94. The molecule has 0 aliphatic carbocycles. The highest BCUT2D eigenvalue weighted by molar-refractivity contribution is 6.46. The van der Waals surface area contributed by atoms with E-state index in [1.165, 1.54) is 0 Å². The number of methoxy groups -OCH3 is 1. The number of piperidine rings is 1. The molecule has 0 saturated carbocycles. The van der Waals surface area contributed by atoms with Gasteiger partial charge in [0.25, 0.3) is 5.91 Å². The van der Waals surface area contributed by atoms with Crippen molar-refractivity contribution in [3.8, 4) is 5.75 Å². The molecule has 3 amide bonds. The Morgan fingerprint density at radius 3 is 2.38 bits per heavy atom. The standard InChI is InChI=1S/C25H28N4O5/c1-3-34-21(30)16-17-4-8-19(9-5-17)26-24(32)29-14-12-25(13-15-29)27-22(23(31)28-25)18-6-10-20(33-2)11-7-18/h4-11H,3,12-16H2,1-2H3,(H,26,32)(H,28,31). The number of nitrogens with zero attached hydrogens (tertiary/aromatic N) is 2. The van der Waals surface area contributed by atoms with Gasteiger partial charge in [0.15, 0.2) is 0 Å². The number of urea groups is 1. The van der Waals surface area contributed by atoms with E-state index < -0.39 is 5.66 Å². The van der Waals surface area contributed by atoms with Crippen molar-refractivity contribution in [1.29, 1.82) is 0 Å². The molecular weight excluding hydrogens is 436 g/mol. The largest absolute Gasteiger partial charge is 0.497 e. The van der Waals surface area contributed by atoms with Gasteiger partial charge in [-0.25, -0.2) is 4.79 Å². The average molecular weight is 465 g/mol. The van der Waals surface area contributed by atoms with E-state index in [2.05, 4.69) is 10.6 Å². The van der Waals surface area contributed by atoms with Crippen LogP contribution in [0.3, 0.4) is 0 Å². The van der Waals surface area contributed by atoms with Crippen molar-refractivity contribution in [3.05, 3.63) is 59.7 Å². The van der Waals surface area contributed by atoms with Crippen molar-refractivity contribution >= 4 is 29.3 Å². The SMILES string of the molecule is CCOC(=O)Cc1ccc(NC(=O)N2CCC3(CC2)N=C(c2ccc(OC)cc2)C(=O)N3)cc1. The smallest absolute Gasteiger partial charge is 0.321 e. The van der Waals surface area contributed by atoms with Gasteiger partial charge in [-0.3, -0.25) is 14.6 Å². The normalized spacial score (nSPS) is 16.6. The molecular formula is C25H28N4O5. The van der Waals surface area contributed by atoms with Gasteiger partial charge >= 0.3 is 12.0 Å². The maximum Gasteiger partial charge on any atom is 0.321 e. The van der Waals surface area contributed by atoms with Crippen LogP contribution in [-0.4, -0.2) is 61.0 Å². The minimum Gasteiger partial charge on any atom is -0.497 e. The van der Waals surface area contributed by atoms with Crippen LogP contribution in [0.15, 0.2) is 53.5 Å². The van der Waals surface area contributed by atoms with Gasteiger partial charge in [-0.1, -0.05) is 12.1 Å². The molecule has 9 nitrogen and oxygen atoms in total. The fraction of sp³-hybridized carbons (Fsp3) is 0.360. The molecule has 2 aliphatic rings. The van der Waals surface area contributed by atoms with E-state index in [0.717, 1.165) is 11.1 Å². The van der Waals surface area contributed by atoms with Crippen LogP contribution in [0.25, 0.3) is 0 Å². The quantitative estimate of drug-likeness (QED) is 0.639. The maximum atomic E-state index is 12.7. The van der Waals surface area contributed by atoms with Gasteiger partial charge in [-0.05, 0) is 48.9 Å². The second-order valence-corrected chi connectivity index (χ2v) is 8.27. The van der Waals surface area contributed by atoms with Crippen LogP contribution in [-0.2, 0) is 20.7 Å². The molecule has 2 aliphatic heterocycles. The minimum atomic E-state index is -0.683. The molecule has 2 N–H and O–H groups in total. The summed E-state index contributed by atoms with van der Waals surface area (Å²) in [5.74, 6) is 0.231. The lowest BCUT2D eigenvalue weighted by Crippen LogP contribution is -2.53. The Morgan fingerprint density at radius 2 is 1.76 bits per heavy atom. The van der Waals surface area contributed by atoms with Crippen LogP contribution in [0.5, 0.6) is 5.75 Å².